The van der Waals surface area contributed by atoms with Crippen molar-refractivity contribution in [3.05, 3.63) is 35.5 Å². The number of aromatic amines is 1. The van der Waals surface area contributed by atoms with Gasteiger partial charge in [-0.15, -0.1) is 0 Å². The number of aryl methyl sites for hydroxylation is 1. The second-order valence-corrected chi connectivity index (χ2v) is 6.44. The maximum absolute atomic E-state index is 11.8. The van der Waals surface area contributed by atoms with Gasteiger partial charge in [-0.1, -0.05) is 50.8 Å². The van der Waals surface area contributed by atoms with Gasteiger partial charge in [-0.3, -0.25) is 9.24 Å². The fraction of sp³-hybridized carbons (Fsp3) is 0.357. The van der Waals surface area contributed by atoms with E-state index in [0.29, 0.717) is 6.42 Å². The van der Waals surface area contributed by atoms with Crippen LogP contribution in [0.5, 0.6) is 0 Å². The Morgan fingerprint density at radius 3 is 2.62 bits per heavy atom. The van der Waals surface area contributed by atoms with Crippen molar-refractivity contribution in [3.8, 4) is 0 Å². The van der Waals surface area contributed by atoms with Gasteiger partial charge in [0.1, 0.15) is 6.04 Å². The number of nitrogens with zero attached hydrogens (tertiary/aromatic N) is 1. The molecule has 2 rings (SSSR count). The van der Waals surface area contributed by atoms with Gasteiger partial charge in [-0.25, -0.2) is 0 Å². The summed E-state index contributed by atoms with van der Waals surface area (Å²) < 4.78 is 6.47. The van der Waals surface area contributed by atoms with Gasteiger partial charge in [0, 0.05) is 23.5 Å². The molecule has 7 heteroatoms. The van der Waals surface area contributed by atoms with Crippen molar-refractivity contribution in [3.63, 3.8) is 0 Å². The van der Waals surface area contributed by atoms with Crippen LogP contribution in [0.4, 0.5) is 0 Å². The van der Waals surface area contributed by atoms with E-state index in [1.807, 2.05) is 35.6 Å². The number of aromatic nitrogens is 1. The summed E-state index contributed by atoms with van der Waals surface area (Å²) in [5.41, 5.74) is 3.42. The first-order chi connectivity index (χ1) is 10.0. The van der Waals surface area contributed by atoms with Crippen LogP contribution >= 0.6 is 28.2 Å². The van der Waals surface area contributed by atoms with Crippen LogP contribution in [0, 0.1) is 6.92 Å². The molecule has 1 heterocycles. The molecule has 0 saturated carbocycles. The van der Waals surface area contributed by atoms with Gasteiger partial charge in [0.25, 0.3) is 0 Å². The minimum atomic E-state index is -0.355. The van der Waals surface area contributed by atoms with Crippen molar-refractivity contribution in [1.82, 2.24) is 9.42 Å². The molecule has 4 atom stereocenters. The summed E-state index contributed by atoms with van der Waals surface area (Å²) in [5.74, 6) is -0.281. The number of hydrogen-bond acceptors (Lipinski definition) is 3. The average Bonchev–Trinajstić information content (AvgIpc) is 2.90. The summed E-state index contributed by atoms with van der Waals surface area (Å²) in [6, 6.07) is 5.80. The van der Waals surface area contributed by atoms with Gasteiger partial charge in [0.15, 0.2) is 0 Å². The maximum atomic E-state index is 11.8. The van der Waals surface area contributed by atoms with Crippen molar-refractivity contribution in [2.24, 2.45) is 0 Å². The van der Waals surface area contributed by atoms with Gasteiger partial charge >= 0.3 is 5.97 Å². The maximum Gasteiger partial charge on any atom is 0.326 e. The lowest BCUT2D eigenvalue weighted by atomic mass is 10.0. The third-order valence-electron chi connectivity index (χ3n) is 3.17. The Bertz CT molecular complexity index is 599. The zero-order chi connectivity index (χ0) is 16.0. The first-order valence-corrected chi connectivity index (χ1v) is 8.29. The lowest BCUT2D eigenvalue weighted by Crippen LogP contribution is -2.31. The van der Waals surface area contributed by atoms with Gasteiger partial charge < -0.3 is 9.51 Å². The fourth-order valence-corrected chi connectivity index (χ4v) is 2.74. The van der Waals surface area contributed by atoms with Crippen molar-refractivity contribution in [2.75, 3.05) is 0 Å². The lowest BCUT2D eigenvalue weighted by Gasteiger charge is -2.20. The smallest absolute Gasteiger partial charge is 0.326 e. The minimum absolute atomic E-state index is 0.281. The summed E-state index contributed by atoms with van der Waals surface area (Å²) in [6.45, 7) is 6.06. The Morgan fingerprint density at radius 1 is 1.38 bits per heavy atom. The molecule has 0 aliphatic rings. The van der Waals surface area contributed by atoms with Crippen LogP contribution in [-0.2, 0) is 15.7 Å². The standard InChI is InChI=1S/C12H17N2O2P3.C2H6/c1-7-3-2-4-9-8(6-13-11(7)9)5-10(14(17)18)12(15)16-19;1-2/h2-4,6,10,13H,5,17-19H2,1H3;1-2H3. The Morgan fingerprint density at radius 2 is 2.05 bits per heavy atom. The van der Waals surface area contributed by atoms with Crippen LogP contribution in [0.25, 0.3) is 10.9 Å². The number of hydrogen-bond donors (Lipinski definition) is 1. The van der Waals surface area contributed by atoms with Crippen LogP contribution in [0.3, 0.4) is 0 Å². The molecule has 0 amide bonds. The summed E-state index contributed by atoms with van der Waals surface area (Å²) in [6.07, 6.45) is 2.54. The number of fused-ring (bicyclic) bond motifs is 1. The average molecular weight is 344 g/mol. The van der Waals surface area contributed by atoms with Crippen molar-refractivity contribution in [2.45, 2.75) is 33.2 Å². The number of carbonyl (C=O) groups is 1. The molecule has 116 valence electrons. The van der Waals surface area contributed by atoms with Crippen LogP contribution < -0.4 is 0 Å². The molecule has 0 aliphatic carbocycles. The molecule has 0 saturated heterocycles. The molecular formula is C14H23N2O2P3. The predicted molar refractivity (Wildman–Crippen MR) is 98.9 cm³/mol. The van der Waals surface area contributed by atoms with E-state index in [1.54, 1.807) is 4.44 Å². The number of rotatable bonds is 4. The number of H-pyrrole nitrogens is 1. The number of para-hydroxylation sites is 1. The molecule has 0 bridgehead atoms. The van der Waals surface area contributed by atoms with E-state index in [-0.39, 0.29) is 12.0 Å². The Balaban J connectivity index is 0.00000106. The minimum Gasteiger partial charge on any atom is -0.450 e. The first kappa shape index (κ1) is 18.5. The lowest BCUT2D eigenvalue weighted by molar-refractivity contribution is -0.136. The van der Waals surface area contributed by atoms with Crippen LogP contribution in [0.1, 0.15) is 25.0 Å². The molecule has 0 aliphatic heterocycles. The summed E-state index contributed by atoms with van der Waals surface area (Å²) in [5, 5.41) is 1.15. The van der Waals surface area contributed by atoms with Crippen molar-refractivity contribution < 1.29 is 9.32 Å². The Labute approximate surface area is 133 Å². The number of carbonyl (C=O) groups excluding carboxylic acids is 1. The molecule has 4 unspecified atom stereocenters. The highest BCUT2D eigenvalue weighted by molar-refractivity contribution is 7.31. The highest BCUT2D eigenvalue weighted by atomic mass is 31.1. The number of nitrogens with one attached hydrogen (secondary N) is 1. The highest BCUT2D eigenvalue weighted by Gasteiger charge is 2.23. The zero-order valence-electron chi connectivity index (χ0n) is 12.6. The van der Waals surface area contributed by atoms with Gasteiger partial charge in [0.2, 0.25) is 0 Å². The summed E-state index contributed by atoms with van der Waals surface area (Å²) >= 11 is 0. The summed E-state index contributed by atoms with van der Waals surface area (Å²) in [7, 11) is 6.97. The van der Waals surface area contributed by atoms with Crippen molar-refractivity contribution in [1.29, 1.82) is 0 Å². The van der Waals surface area contributed by atoms with E-state index in [0.717, 1.165) is 16.5 Å². The monoisotopic (exact) mass is 344 g/mol. The zero-order valence-corrected chi connectivity index (χ0v) is 16.1. The van der Waals surface area contributed by atoms with E-state index in [9.17, 15) is 4.79 Å². The van der Waals surface area contributed by atoms with Crippen molar-refractivity contribution >= 4 is 45.1 Å². The number of benzene rings is 1. The molecule has 4 nitrogen and oxygen atoms in total. The highest BCUT2D eigenvalue weighted by Crippen LogP contribution is 2.26. The first-order valence-electron chi connectivity index (χ1n) is 6.79. The van der Waals surface area contributed by atoms with Gasteiger partial charge in [0.05, 0.1) is 9.47 Å². The SMILES string of the molecule is CC.Cc1cccc2c(CC(C(=O)OP)N(P)P)c[nH]c12. The third-order valence-corrected chi connectivity index (χ3v) is 4.12. The van der Waals surface area contributed by atoms with E-state index in [4.69, 9.17) is 4.52 Å². The third kappa shape index (κ3) is 4.47. The molecule has 1 aromatic carbocycles. The van der Waals surface area contributed by atoms with Gasteiger partial charge in [-0.05, 0) is 18.1 Å². The molecule has 21 heavy (non-hydrogen) atoms. The van der Waals surface area contributed by atoms with E-state index in [2.05, 4.69) is 42.8 Å². The van der Waals surface area contributed by atoms with Gasteiger partial charge in [-0.2, -0.15) is 0 Å². The van der Waals surface area contributed by atoms with Crippen LogP contribution in [0.15, 0.2) is 24.4 Å². The van der Waals surface area contributed by atoms with Crippen LogP contribution in [-0.4, -0.2) is 21.4 Å². The molecule has 0 fully saturated rings. The van der Waals surface area contributed by atoms with E-state index < -0.39 is 0 Å². The second-order valence-electron chi connectivity index (χ2n) is 4.42. The topological polar surface area (TPSA) is 45.3 Å². The molecule has 1 aromatic heterocycles. The predicted octanol–water partition coefficient (Wildman–Crippen LogP) is 3.63. The molecule has 0 radical (unpaired) electrons. The molecular weight excluding hydrogens is 321 g/mol. The van der Waals surface area contributed by atoms with E-state index in [1.165, 1.54) is 5.56 Å². The van der Waals surface area contributed by atoms with Crippen LogP contribution in [0.2, 0.25) is 0 Å². The Kier molecular flexibility index (Phi) is 7.77. The molecule has 1 N–H and O–H groups in total. The largest absolute Gasteiger partial charge is 0.450 e. The second kappa shape index (κ2) is 8.81. The van der Waals surface area contributed by atoms with E-state index >= 15 is 0 Å². The molecule has 0 spiro atoms. The summed E-state index contributed by atoms with van der Waals surface area (Å²) in [4.78, 5) is 15.0. The quantitative estimate of drug-likeness (QED) is 0.862. The molecule has 2 aromatic rings. The Hall–Kier alpha value is -0.520. The normalized spacial score (nSPS) is 12.0. The fourth-order valence-electron chi connectivity index (χ4n) is 2.13.